The van der Waals surface area contributed by atoms with Crippen LogP contribution in [0.1, 0.15) is 29.9 Å². The maximum atomic E-state index is 10.8. The Balaban J connectivity index is 3.15. The van der Waals surface area contributed by atoms with E-state index in [2.05, 4.69) is 0 Å². The van der Waals surface area contributed by atoms with E-state index in [1.54, 1.807) is 12.1 Å². The van der Waals surface area contributed by atoms with Gasteiger partial charge in [-0.3, -0.25) is 9.59 Å². The number of aryl methyl sites for hydroxylation is 1. The third-order valence-electron chi connectivity index (χ3n) is 2.73. The van der Waals surface area contributed by atoms with Gasteiger partial charge in [0.15, 0.2) is 0 Å². The molecule has 0 saturated heterocycles. The average Bonchev–Trinajstić information content (AvgIpc) is 2.26. The predicted molar refractivity (Wildman–Crippen MR) is 65.0 cm³/mol. The maximum Gasteiger partial charge on any atom is 0.303 e. The van der Waals surface area contributed by atoms with Gasteiger partial charge in [0, 0.05) is 5.92 Å². The van der Waals surface area contributed by atoms with Crippen LogP contribution in [0.4, 0.5) is 0 Å². The Kier molecular flexibility index (Phi) is 4.71. The van der Waals surface area contributed by atoms with Gasteiger partial charge in [-0.1, -0.05) is 18.2 Å². The smallest absolute Gasteiger partial charge is 0.303 e. The number of hydrogen-bond donors (Lipinski definition) is 2. The molecule has 1 aromatic carbocycles. The molecule has 0 atom stereocenters. The van der Waals surface area contributed by atoms with Crippen LogP contribution in [0.5, 0.6) is 5.75 Å². The van der Waals surface area contributed by atoms with E-state index in [4.69, 9.17) is 14.9 Å². The minimum atomic E-state index is -1.02. The molecule has 0 unspecified atom stereocenters. The largest absolute Gasteiger partial charge is 0.496 e. The van der Waals surface area contributed by atoms with E-state index in [0.717, 1.165) is 5.56 Å². The first-order chi connectivity index (χ1) is 8.45. The van der Waals surface area contributed by atoms with Crippen LogP contribution in [-0.2, 0) is 9.59 Å². The number of aliphatic carboxylic acids is 2. The van der Waals surface area contributed by atoms with Crippen LogP contribution in [0, 0.1) is 6.92 Å². The highest BCUT2D eigenvalue weighted by Crippen LogP contribution is 2.33. The zero-order chi connectivity index (χ0) is 13.7. The second kappa shape index (κ2) is 6.05. The third kappa shape index (κ3) is 3.48. The summed E-state index contributed by atoms with van der Waals surface area (Å²) >= 11 is 0. The first-order valence-corrected chi connectivity index (χ1v) is 5.52. The Morgan fingerprint density at radius 1 is 1.22 bits per heavy atom. The van der Waals surface area contributed by atoms with Gasteiger partial charge in [0.2, 0.25) is 0 Å². The van der Waals surface area contributed by atoms with E-state index in [1.165, 1.54) is 7.11 Å². The number of hydrogen-bond acceptors (Lipinski definition) is 3. The standard InChI is InChI=1S/C13H16O5/c1-8-4-3-5-10(13(8)18-2)9(6-11(14)15)7-12(16)17/h3-5,9H,6-7H2,1-2H3,(H,14,15)(H,16,17). The van der Waals surface area contributed by atoms with Crippen molar-refractivity contribution in [1.29, 1.82) is 0 Å². The number of ether oxygens (including phenoxy) is 1. The fraction of sp³-hybridized carbons (Fsp3) is 0.385. The van der Waals surface area contributed by atoms with E-state index in [-0.39, 0.29) is 12.8 Å². The Hall–Kier alpha value is -2.04. The van der Waals surface area contributed by atoms with Gasteiger partial charge in [0.05, 0.1) is 20.0 Å². The van der Waals surface area contributed by atoms with Gasteiger partial charge in [-0.25, -0.2) is 0 Å². The summed E-state index contributed by atoms with van der Waals surface area (Å²) in [5, 5.41) is 17.7. The number of carboxylic acids is 2. The Morgan fingerprint density at radius 2 is 1.78 bits per heavy atom. The number of carboxylic acid groups (broad SMARTS) is 2. The highest BCUT2D eigenvalue weighted by atomic mass is 16.5. The predicted octanol–water partition coefficient (Wildman–Crippen LogP) is 2.04. The van der Waals surface area contributed by atoms with E-state index in [1.807, 2.05) is 13.0 Å². The Morgan fingerprint density at radius 3 is 2.22 bits per heavy atom. The molecule has 0 aliphatic heterocycles. The van der Waals surface area contributed by atoms with E-state index < -0.39 is 17.9 Å². The summed E-state index contributed by atoms with van der Waals surface area (Å²) in [4.78, 5) is 21.6. The van der Waals surface area contributed by atoms with Crippen molar-refractivity contribution in [3.8, 4) is 5.75 Å². The molecule has 0 aliphatic rings. The molecule has 0 heterocycles. The SMILES string of the molecule is COc1c(C)cccc1C(CC(=O)O)CC(=O)O. The van der Waals surface area contributed by atoms with Crippen LogP contribution in [0.3, 0.4) is 0 Å². The molecular weight excluding hydrogens is 236 g/mol. The van der Waals surface area contributed by atoms with Crippen molar-refractivity contribution >= 4 is 11.9 Å². The molecule has 5 heteroatoms. The van der Waals surface area contributed by atoms with Crippen molar-refractivity contribution in [3.05, 3.63) is 29.3 Å². The highest BCUT2D eigenvalue weighted by Gasteiger charge is 2.22. The number of rotatable bonds is 6. The summed E-state index contributed by atoms with van der Waals surface area (Å²) in [6.07, 6.45) is -0.460. The number of benzene rings is 1. The van der Waals surface area contributed by atoms with Gasteiger partial charge >= 0.3 is 11.9 Å². The average molecular weight is 252 g/mol. The molecule has 0 saturated carbocycles. The quantitative estimate of drug-likeness (QED) is 0.809. The van der Waals surface area contributed by atoms with Crippen molar-refractivity contribution in [3.63, 3.8) is 0 Å². The number of carbonyl (C=O) groups is 2. The molecule has 0 bridgehead atoms. The molecule has 0 fully saturated rings. The lowest BCUT2D eigenvalue weighted by atomic mass is 9.90. The van der Waals surface area contributed by atoms with E-state index in [9.17, 15) is 9.59 Å². The summed E-state index contributed by atoms with van der Waals surface area (Å²) in [5.74, 6) is -2.07. The zero-order valence-corrected chi connectivity index (χ0v) is 10.3. The fourth-order valence-electron chi connectivity index (χ4n) is 1.99. The van der Waals surface area contributed by atoms with Crippen molar-refractivity contribution in [2.75, 3.05) is 7.11 Å². The molecule has 18 heavy (non-hydrogen) atoms. The molecule has 1 rings (SSSR count). The summed E-state index contributed by atoms with van der Waals surface area (Å²) in [6.45, 7) is 1.83. The first kappa shape index (κ1) is 14.0. The molecule has 5 nitrogen and oxygen atoms in total. The first-order valence-electron chi connectivity index (χ1n) is 5.52. The highest BCUT2D eigenvalue weighted by molar-refractivity contribution is 5.73. The minimum Gasteiger partial charge on any atom is -0.496 e. The zero-order valence-electron chi connectivity index (χ0n) is 10.3. The van der Waals surface area contributed by atoms with Crippen LogP contribution in [0.2, 0.25) is 0 Å². The van der Waals surface area contributed by atoms with E-state index in [0.29, 0.717) is 11.3 Å². The second-order valence-corrected chi connectivity index (χ2v) is 4.09. The van der Waals surface area contributed by atoms with E-state index >= 15 is 0 Å². The molecule has 1 aromatic rings. The van der Waals surface area contributed by atoms with Gasteiger partial charge in [0.25, 0.3) is 0 Å². The van der Waals surface area contributed by atoms with Crippen molar-refractivity contribution in [2.45, 2.75) is 25.7 Å². The number of para-hydroxylation sites is 1. The molecule has 0 amide bonds. The van der Waals surface area contributed by atoms with Crippen LogP contribution in [0.15, 0.2) is 18.2 Å². The summed E-state index contributed by atoms with van der Waals surface area (Å²) in [5.41, 5.74) is 1.48. The van der Waals surface area contributed by atoms with Crippen LogP contribution < -0.4 is 4.74 Å². The van der Waals surface area contributed by atoms with Gasteiger partial charge in [-0.05, 0) is 18.1 Å². The molecule has 0 aliphatic carbocycles. The fourth-order valence-corrected chi connectivity index (χ4v) is 1.99. The van der Waals surface area contributed by atoms with Crippen LogP contribution in [-0.4, -0.2) is 29.3 Å². The third-order valence-corrected chi connectivity index (χ3v) is 2.73. The molecule has 0 spiro atoms. The normalized spacial score (nSPS) is 10.4. The monoisotopic (exact) mass is 252 g/mol. The summed E-state index contributed by atoms with van der Waals surface area (Å²) in [6, 6.07) is 5.31. The van der Waals surface area contributed by atoms with Crippen molar-refractivity contribution < 1.29 is 24.5 Å². The maximum absolute atomic E-state index is 10.8. The van der Waals surface area contributed by atoms with Crippen molar-refractivity contribution in [1.82, 2.24) is 0 Å². The van der Waals surface area contributed by atoms with Gasteiger partial charge in [-0.15, -0.1) is 0 Å². The lowest BCUT2D eigenvalue weighted by molar-refractivity contribution is -0.139. The molecule has 0 aromatic heterocycles. The van der Waals surface area contributed by atoms with Crippen molar-refractivity contribution in [2.24, 2.45) is 0 Å². The molecule has 2 N–H and O–H groups in total. The lowest BCUT2D eigenvalue weighted by Crippen LogP contribution is -2.12. The number of methoxy groups -OCH3 is 1. The van der Waals surface area contributed by atoms with Gasteiger partial charge < -0.3 is 14.9 Å². The van der Waals surface area contributed by atoms with Crippen LogP contribution >= 0.6 is 0 Å². The Bertz CT molecular complexity index is 437. The lowest BCUT2D eigenvalue weighted by Gasteiger charge is -2.18. The molecule has 0 radical (unpaired) electrons. The summed E-state index contributed by atoms with van der Waals surface area (Å²) < 4.78 is 5.23. The minimum absolute atomic E-state index is 0.230. The van der Waals surface area contributed by atoms with Gasteiger partial charge in [-0.2, -0.15) is 0 Å². The molecule has 98 valence electrons. The van der Waals surface area contributed by atoms with Gasteiger partial charge in [0.1, 0.15) is 5.75 Å². The molecular formula is C13H16O5. The summed E-state index contributed by atoms with van der Waals surface area (Å²) in [7, 11) is 1.49. The second-order valence-electron chi connectivity index (χ2n) is 4.09. The topological polar surface area (TPSA) is 83.8 Å². The van der Waals surface area contributed by atoms with Crippen LogP contribution in [0.25, 0.3) is 0 Å². The Labute approximate surface area is 105 Å².